The Morgan fingerprint density at radius 2 is 1.48 bits per heavy atom. The summed E-state index contributed by atoms with van der Waals surface area (Å²) in [5.41, 5.74) is 7.18. The van der Waals surface area contributed by atoms with Gasteiger partial charge in [-0.3, -0.25) is 0 Å². The minimum Gasteiger partial charge on any atom is -0.493 e. The summed E-state index contributed by atoms with van der Waals surface area (Å²) >= 11 is 0. The highest BCUT2D eigenvalue weighted by molar-refractivity contribution is 5.56. The predicted molar refractivity (Wildman–Crippen MR) is 116 cm³/mol. The Balaban J connectivity index is 0.000000156. The first kappa shape index (κ1) is 19.8. The molecular weight excluding hydrogens is 330 g/mol. The molecule has 0 N–H and O–H groups in total. The number of fused-ring (bicyclic) bond motifs is 2. The molecule has 0 aliphatic carbocycles. The number of rotatable bonds is 2. The highest BCUT2D eigenvalue weighted by Crippen LogP contribution is 2.29. The van der Waals surface area contributed by atoms with Crippen LogP contribution in [0.1, 0.15) is 74.6 Å². The normalized spacial score (nSPS) is 15.6. The summed E-state index contributed by atoms with van der Waals surface area (Å²) in [4.78, 5) is 2.36. The fourth-order valence-electron chi connectivity index (χ4n) is 3.88. The molecule has 2 aromatic carbocycles. The monoisotopic (exact) mass is 365 g/mol. The largest absolute Gasteiger partial charge is 0.493 e. The molecule has 2 aliphatic rings. The Bertz CT molecular complexity index is 763. The van der Waals surface area contributed by atoms with Crippen molar-refractivity contribution in [3.63, 3.8) is 0 Å². The highest BCUT2D eigenvalue weighted by Gasteiger charge is 2.14. The van der Waals surface area contributed by atoms with Crippen molar-refractivity contribution in [3.05, 3.63) is 58.7 Å². The van der Waals surface area contributed by atoms with E-state index in [1.165, 1.54) is 53.7 Å². The molecule has 0 fully saturated rings. The highest BCUT2D eigenvalue weighted by atomic mass is 16.5. The Morgan fingerprint density at radius 3 is 2.22 bits per heavy atom. The predicted octanol–water partition coefficient (Wildman–Crippen LogP) is 6.33. The van der Waals surface area contributed by atoms with E-state index in [0.717, 1.165) is 18.8 Å². The molecule has 27 heavy (non-hydrogen) atoms. The van der Waals surface area contributed by atoms with Crippen LogP contribution in [0.3, 0.4) is 0 Å². The van der Waals surface area contributed by atoms with Gasteiger partial charge in [0.05, 0.1) is 6.61 Å². The van der Waals surface area contributed by atoms with Gasteiger partial charge in [0.1, 0.15) is 5.75 Å². The van der Waals surface area contributed by atoms with E-state index < -0.39 is 0 Å². The first-order chi connectivity index (χ1) is 13.0. The molecule has 0 radical (unpaired) electrons. The van der Waals surface area contributed by atoms with Gasteiger partial charge in [-0.15, -0.1) is 0 Å². The third-order valence-corrected chi connectivity index (χ3v) is 5.73. The molecule has 2 heterocycles. The van der Waals surface area contributed by atoms with Crippen molar-refractivity contribution in [2.24, 2.45) is 0 Å². The summed E-state index contributed by atoms with van der Waals surface area (Å²) in [7, 11) is 2.19. The number of anilines is 1. The van der Waals surface area contributed by atoms with Crippen LogP contribution in [0.15, 0.2) is 36.4 Å². The van der Waals surface area contributed by atoms with Crippen molar-refractivity contribution in [1.82, 2.24) is 0 Å². The van der Waals surface area contributed by atoms with Crippen molar-refractivity contribution in [2.75, 3.05) is 25.1 Å². The Kier molecular flexibility index (Phi) is 6.46. The lowest BCUT2D eigenvalue weighted by molar-refractivity contribution is 0.288. The molecule has 0 atom stereocenters. The molecule has 4 rings (SSSR count). The number of nitrogens with zero attached hydrogens (tertiary/aromatic N) is 1. The lowest BCUT2D eigenvalue weighted by Crippen LogP contribution is -2.24. The van der Waals surface area contributed by atoms with Crippen LogP contribution in [0.4, 0.5) is 5.69 Å². The Labute approximate surface area is 165 Å². The molecule has 0 amide bonds. The first-order valence-electron chi connectivity index (χ1n) is 10.5. The van der Waals surface area contributed by atoms with Gasteiger partial charge in [0.2, 0.25) is 0 Å². The van der Waals surface area contributed by atoms with Crippen LogP contribution in [-0.2, 0) is 12.8 Å². The maximum Gasteiger partial charge on any atom is 0.122 e. The van der Waals surface area contributed by atoms with E-state index in [-0.39, 0.29) is 0 Å². The molecule has 2 aliphatic heterocycles. The number of ether oxygens (including phenoxy) is 1. The maximum absolute atomic E-state index is 5.61. The minimum absolute atomic E-state index is 0.593. The van der Waals surface area contributed by atoms with Crippen molar-refractivity contribution < 1.29 is 4.74 Å². The Hall–Kier alpha value is -1.96. The van der Waals surface area contributed by atoms with Gasteiger partial charge in [-0.1, -0.05) is 52.0 Å². The average molecular weight is 366 g/mol. The zero-order chi connectivity index (χ0) is 19.4. The third-order valence-electron chi connectivity index (χ3n) is 5.73. The van der Waals surface area contributed by atoms with E-state index in [4.69, 9.17) is 4.74 Å². The van der Waals surface area contributed by atoms with Crippen LogP contribution in [0, 0.1) is 0 Å². The zero-order valence-electron chi connectivity index (χ0n) is 17.7. The lowest BCUT2D eigenvalue weighted by atomic mass is 9.95. The molecule has 0 bridgehead atoms. The molecular formula is C25H35NO. The molecule has 0 saturated heterocycles. The van der Waals surface area contributed by atoms with Gasteiger partial charge in [0, 0.05) is 19.3 Å². The summed E-state index contributed by atoms with van der Waals surface area (Å²) in [6.07, 6.45) is 4.88. The SMILES string of the molecule is CC(C)c1ccc2c(c1)CCCN2C.CC(C)c1ccc2c(c1)OCCC2. The lowest BCUT2D eigenvalue weighted by Gasteiger charge is -2.28. The second-order valence-corrected chi connectivity index (χ2v) is 8.54. The van der Waals surface area contributed by atoms with Crippen LogP contribution in [0.5, 0.6) is 5.75 Å². The van der Waals surface area contributed by atoms with Gasteiger partial charge < -0.3 is 9.64 Å². The van der Waals surface area contributed by atoms with Crippen LogP contribution < -0.4 is 9.64 Å². The number of aryl methyl sites for hydroxylation is 2. The third kappa shape index (κ3) is 4.86. The summed E-state index contributed by atoms with van der Waals surface area (Å²) in [6, 6.07) is 13.6. The summed E-state index contributed by atoms with van der Waals surface area (Å²) in [5.74, 6) is 2.35. The molecule has 0 unspecified atom stereocenters. The molecule has 2 nitrogen and oxygen atoms in total. The summed E-state index contributed by atoms with van der Waals surface area (Å²) in [5, 5.41) is 0. The van der Waals surface area contributed by atoms with Gasteiger partial charge in [-0.2, -0.15) is 0 Å². The number of benzene rings is 2. The van der Waals surface area contributed by atoms with E-state index in [1.807, 2.05) is 0 Å². The first-order valence-corrected chi connectivity index (χ1v) is 10.5. The van der Waals surface area contributed by atoms with Crippen molar-refractivity contribution in [1.29, 1.82) is 0 Å². The second-order valence-electron chi connectivity index (χ2n) is 8.54. The summed E-state index contributed by atoms with van der Waals surface area (Å²) in [6.45, 7) is 11.0. The van der Waals surface area contributed by atoms with Gasteiger partial charge in [0.15, 0.2) is 0 Å². The standard InChI is InChI=1S/C13H19N.C12H16O/c1-10(2)11-6-7-13-12(9-11)5-4-8-14(13)3;1-9(2)11-6-5-10-4-3-7-13-12(10)8-11/h6-7,9-10H,4-5,8H2,1-3H3;5-6,8-9H,3-4,7H2,1-2H3. The van der Waals surface area contributed by atoms with E-state index in [0.29, 0.717) is 11.8 Å². The topological polar surface area (TPSA) is 12.5 Å². The van der Waals surface area contributed by atoms with Crippen LogP contribution in [0.2, 0.25) is 0 Å². The Morgan fingerprint density at radius 1 is 0.815 bits per heavy atom. The molecule has 146 valence electrons. The maximum atomic E-state index is 5.61. The van der Waals surface area contributed by atoms with Gasteiger partial charge in [-0.25, -0.2) is 0 Å². The van der Waals surface area contributed by atoms with Crippen LogP contribution in [-0.4, -0.2) is 20.2 Å². The van der Waals surface area contributed by atoms with Gasteiger partial charge in [0.25, 0.3) is 0 Å². The van der Waals surface area contributed by atoms with E-state index in [1.54, 1.807) is 0 Å². The molecule has 2 heteroatoms. The van der Waals surface area contributed by atoms with Crippen molar-refractivity contribution in [2.45, 2.75) is 65.2 Å². The quantitative estimate of drug-likeness (QED) is 0.617. The molecule has 0 aromatic heterocycles. The van der Waals surface area contributed by atoms with E-state index in [2.05, 4.69) is 76.0 Å². The molecule has 0 saturated carbocycles. The fraction of sp³-hybridized carbons (Fsp3) is 0.520. The van der Waals surface area contributed by atoms with Gasteiger partial charge in [-0.05, 0) is 71.9 Å². The molecule has 2 aromatic rings. The van der Waals surface area contributed by atoms with Gasteiger partial charge >= 0.3 is 0 Å². The average Bonchev–Trinajstić information content (AvgIpc) is 2.68. The number of hydrogen-bond acceptors (Lipinski definition) is 2. The van der Waals surface area contributed by atoms with Crippen LogP contribution in [0.25, 0.3) is 0 Å². The van der Waals surface area contributed by atoms with E-state index in [9.17, 15) is 0 Å². The second kappa shape index (κ2) is 8.82. The van der Waals surface area contributed by atoms with E-state index >= 15 is 0 Å². The summed E-state index contributed by atoms with van der Waals surface area (Å²) < 4.78 is 5.61. The molecule has 0 spiro atoms. The minimum atomic E-state index is 0.593. The zero-order valence-corrected chi connectivity index (χ0v) is 17.7. The van der Waals surface area contributed by atoms with Crippen LogP contribution >= 0.6 is 0 Å². The fourth-order valence-corrected chi connectivity index (χ4v) is 3.88. The van der Waals surface area contributed by atoms with Crippen molar-refractivity contribution >= 4 is 5.69 Å². The smallest absolute Gasteiger partial charge is 0.122 e. The number of hydrogen-bond donors (Lipinski definition) is 0. The van der Waals surface area contributed by atoms with Crippen molar-refractivity contribution in [3.8, 4) is 5.75 Å².